The first-order chi connectivity index (χ1) is 7.18. The first kappa shape index (κ1) is 10.1. The van der Waals surface area contributed by atoms with Gasteiger partial charge in [-0.3, -0.25) is 0 Å². The van der Waals surface area contributed by atoms with E-state index >= 15 is 0 Å². The van der Waals surface area contributed by atoms with Crippen molar-refractivity contribution in [2.75, 3.05) is 7.11 Å². The van der Waals surface area contributed by atoms with Crippen molar-refractivity contribution in [1.82, 2.24) is 10.1 Å². The van der Waals surface area contributed by atoms with Crippen LogP contribution in [0.4, 0.5) is 0 Å². The normalized spacial score (nSPS) is 19.3. The predicted molar refractivity (Wildman–Crippen MR) is 48.4 cm³/mol. The molecule has 1 fully saturated rings. The molecule has 1 aromatic heterocycles. The number of hydrogen-bond acceptors (Lipinski definition) is 5. The maximum Gasteiger partial charge on any atom is 0.377 e. The molecule has 1 aliphatic carbocycles. The van der Waals surface area contributed by atoms with E-state index in [4.69, 9.17) is 14.4 Å². The van der Waals surface area contributed by atoms with Crippen LogP contribution in [0.25, 0.3) is 0 Å². The second kappa shape index (κ2) is 3.62. The Hall–Kier alpha value is -1.43. The molecule has 82 valence electrons. The van der Waals surface area contributed by atoms with Crippen molar-refractivity contribution in [3.8, 4) is 0 Å². The number of rotatable bonds is 3. The van der Waals surface area contributed by atoms with E-state index in [1.165, 1.54) is 0 Å². The minimum absolute atomic E-state index is 0.278. The van der Waals surface area contributed by atoms with Crippen LogP contribution in [0.2, 0.25) is 0 Å². The largest absolute Gasteiger partial charge is 0.475 e. The maximum absolute atomic E-state index is 10.6. The molecule has 1 heterocycles. The average Bonchev–Trinajstić information content (AvgIpc) is 2.87. The molecule has 1 aliphatic rings. The Morgan fingerprint density at radius 1 is 1.53 bits per heavy atom. The van der Waals surface area contributed by atoms with Gasteiger partial charge in [0.1, 0.15) is 5.60 Å². The second-order valence-corrected chi connectivity index (χ2v) is 3.63. The van der Waals surface area contributed by atoms with Gasteiger partial charge in [0.15, 0.2) is 0 Å². The predicted octanol–water partition coefficient (Wildman–Crippen LogP) is 1.18. The Labute approximate surface area is 86.2 Å². The zero-order chi connectivity index (χ0) is 10.9. The number of carboxylic acids is 1. The molecule has 0 atom stereocenters. The van der Waals surface area contributed by atoms with Gasteiger partial charge in [-0.1, -0.05) is 0 Å². The van der Waals surface area contributed by atoms with Crippen LogP contribution in [-0.4, -0.2) is 28.3 Å². The van der Waals surface area contributed by atoms with Crippen LogP contribution in [0.15, 0.2) is 4.52 Å². The van der Waals surface area contributed by atoms with E-state index in [0.29, 0.717) is 0 Å². The summed E-state index contributed by atoms with van der Waals surface area (Å²) >= 11 is 0. The third-order valence-corrected chi connectivity index (χ3v) is 2.81. The van der Waals surface area contributed by atoms with Crippen molar-refractivity contribution < 1.29 is 19.2 Å². The highest BCUT2D eigenvalue weighted by Crippen LogP contribution is 2.40. The second-order valence-electron chi connectivity index (χ2n) is 3.63. The van der Waals surface area contributed by atoms with Gasteiger partial charge in [0.05, 0.1) is 0 Å². The number of ether oxygens (including phenoxy) is 1. The smallest absolute Gasteiger partial charge is 0.377 e. The van der Waals surface area contributed by atoms with Gasteiger partial charge >= 0.3 is 5.97 Å². The molecule has 6 nitrogen and oxygen atoms in total. The summed E-state index contributed by atoms with van der Waals surface area (Å²) in [7, 11) is 1.58. The van der Waals surface area contributed by atoms with E-state index in [9.17, 15) is 4.79 Å². The third kappa shape index (κ3) is 1.61. The quantitative estimate of drug-likeness (QED) is 0.809. The Morgan fingerprint density at radius 3 is 2.67 bits per heavy atom. The molecule has 0 aliphatic heterocycles. The molecule has 0 aromatic carbocycles. The van der Waals surface area contributed by atoms with Crippen molar-refractivity contribution in [1.29, 1.82) is 0 Å². The number of hydrogen-bond donors (Lipinski definition) is 1. The van der Waals surface area contributed by atoms with Crippen molar-refractivity contribution in [3.05, 3.63) is 11.7 Å². The van der Waals surface area contributed by atoms with Crippen LogP contribution in [0.3, 0.4) is 0 Å². The van der Waals surface area contributed by atoms with Gasteiger partial charge in [-0.25, -0.2) is 4.79 Å². The van der Waals surface area contributed by atoms with Gasteiger partial charge in [0.25, 0.3) is 11.7 Å². The summed E-state index contributed by atoms with van der Waals surface area (Å²) in [6, 6.07) is 0. The lowest BCUT2D eigenvalue weighted by Crippen LogP contribution is -2.25. The van der Waals surface area contributed by atoms with Crippen molar-refractivity contribution in [3.63, 3.8) is 0 Å². The molecule has 1 aromatic rings. The van der Waals surface area contributed by atoms with Crippen molar-refractivity contribution in [2.45, 2.75) is 31.3 Å². The number of carboxylic acid groups (broad SMARTS) is 1. The maximum atomic E-state index is 10.6. The highest BCUT2D eigenvalue weighted by molar-refractivity contribution is 5.82. The number of aromatic nitrogens is 2. The zero-order valence-corrected chi connectivity index (χ0v) is 8.39. The minimum atomic E-state index is -1.19. The first-order valence-corrected chi connectivity index (χ1v) is 4.80. The first-order valence-electron chi connectivity index (χ1n) is 4.80. The van der Waals surface area contributed by atoms with Crippen molar-refractivity contribution in [2.24, 2.45) is 0 Å². The molecular weight excluding hydrogens is 200 g/mol. The fourth-order valence-corrected chi connectivity index (χ4v) is 1.95. The summed E-state index contributed by atoms with van der Waals surface area (Å²) in [4.78, 5) is 14.4. The number of methoxy groups -OCH3 is 1. The SMILES string of the molecule is COC1(c2nc(C(=O)O)no2)CCCC1. The summed E-state index contributed by atoms with van der Waals surface area (Å²) in [5.74, 6) is -1.22. The van der Waals surface area contributed by atoms with Gasteiger partial charge in [0.2, 0.25) is 0 Å². The lowest BCUT2D eigenvalue weighted by Gasteiger charge is -2.21. The minimum Gasteiger partial charge on any atom is -0.475 e. The van der Waals surface area contributed by atoms with Gasteiger partial charge < -0.3 is 14.4 Å². The number of aromatic carboxylic acids is 1. The molecule has 0 bridgehead atoms. The molecule has 1 saturated carbocycles. The van der Waals surface area contributed by atoms with E-state index in [1.54, 1.807) is 7.11 Å². The molecular formula is C9H12N2O4. The van der Waals surface area contributed by atoms with Crippen molar-refractivity contribution >= 4 is 5.97 Å². The zero-order valence-electron chi connectivity index (χ0n) is 8.39. The topological polar surface area (TPSA) is 85.5 Å². The van der Waals surface area contributed by atoms with Gasteiger partial charge in [-0.2, -0.15) is 4.98 Å². The highest BCUT2D eigenvalue weighted by Gasteiger charge is 2.41. The number of nitrogens with zero attached hydrogens (tertiary/aromatic N) is 2. The van der Waals surface area contributed by atoms with E-state index in [-0.39, 0.29) is 11.7 Å². The lowest BCUT2D eigenvalue weighted by atomic mass is 10.0. The fraction of sp³-hybridized carbons (Fsp3) is 0.667. The number of carbonyl (C=O) groups is 1. The summed E-state index contributed by atoms with van der Waals surface area (Å²) < 4.78 is 10.3. The molecule has 0 unspecified atom stereocenters. The Morgan fingerprint density at radius 2 is 2.20 bits per heavy atom. The molecule has 6 heteroatoms. The molecule has 15 heavy (non-hydrogen) atoms. The molecule has 0 saturated heterocycles. The molecule has 0 amide bonds. The van der Waals surface area contributed by atoms with E-state index in [0.717, 1.165) is 25.7 Å². The summed E-state index contributed by atoms with van der Waals surface area (Å²) in [6.07, 6.45) is 3.65. The molecule has 0 radical (unpaired) electrons. The van der Waals surface area contributed by atoms with E-state index in [2.05, 4.69) is 10.1 Å². The standard InChI is InChI=1S/C9H12N2O4/c1-14-9(4-2-3-5-9)8-10-6(7(12)13)11-15-8/h2-5H2,1H3,(H,12,13). The van der Waals surface area contributed by atoms with Crippen LogP contribution < -0.4 is 0 Å². The summed E-state index contributed by atoms with van der Waals surface area (Å²) in [5, 5.41) is 12.1. The average molecular weight is 212 g/mol. The summed E-state index contributed by atoms with van der Waals surface area (Å²) in [5.41, 5.74) is -0.569. The monoisotopic (exact) mass is 212 g/mol. The van der Waals surface area contributed by atoms with Crippen LogP contribution in [0, 0.1) is 0 Å². The van der Waals surface area contributed by atoms with E-state index < -0.39 is 11.6 Å². The fourth-order valence-electron chi connectivity index (χ4n) is 1.95. The Bertz CT molecular complexity index is 368. The molecule has 0 spiro atoms. The van der Waals surface area contributed by atoms with E-state index in [1.807, 2.05) is 0 Å². The Kier molecular flexibility index (Phi) is 2.44. The molecule has 2 rings (SSSR count). The molecule has 1 N–H and O–H groups in total. The summed E-state index contributed by atoms with van der Waals surface area (Å²) in [6.45, 7) is 0. The lowest BCUT2D eigenvalue weighted by molar-refractivity contribution is -0.0342. The third-order valence-electron chi connectivity index (χ3n) is 2.81. The van der Waals surface area contributed by atoms with Gasteiger partial charge in [-0.05, 0) is 30.8 Å². The Balaban J connectivity index is 2.30. The van der Waals surface area contributed by atoms with Gasteiger partial charge in [-0.15, -0.1) is 0 Å². The highest BCUT2D eigenvalue weighted by atomic mass is 16.5. The van der Waals surface area contributed by atoms with Crippen LogP contribution in [-0.2, 0) is 10.3 Å². The van der Waals surface area contributed by atoms with Crippen LogP contribution >= 0.6 is 0 Å². The van der Waals surface area contributed by atoms with Crippen LogP contribution in [0.1, 0.15) is 42.2 Å². The van der Waals surface area contributed by atoms with Gasteiger partial charge in [0, 0.05) is 7.11 Å². The van der Waals surface area contributed by atoms with Crippen LogP contribution in [0.5, 0.6) is 0 Å².